The third-order valence-corrected chi connectivity index (χ3v) is 7.86. The standard InChI is InChI=1S/C24H26FN3O5S/c1-24(2,19-5-3-4-6-20(19)25)15-26-23(30)18-14-22(29)27-21-8-7-16(13-17(18)21)34(31,32)28-9-11-33-12-10-28/h3-8,13-14H,9-12,15H2,1-2H3,(H,26,30)(H,27,29). The summed E-state index contributed by atoms with van der Waals surface area (Å²) in [6.45, 7) is 4.81. The lowest BCUT2D eigenvalue weighted by atomic mass is 9.84. The van der Waals surface area contributed by atoms with E-state index in [9.17, 15) is 22.4 Å². The van der Waals surface area contributed by atoms with E-state index < -0.39 is 26.9 Å². The van der Waals surface area contributed by atoms with Crippen LogP contribution in [0.5, 0.6) is 0 Å². The van der Waals surface area contributed by atoms with Gasteiger partial charge in [-0.2, -0.15) is 4.31 Å². The minimum absolute atomic E-state index is 0.0229. The molecule has 2 heterocycles. The van der Waals surface area contributed by atoms with Crippen LogP contribution in [0, 0.1) is 5.82 Å². The highest BCUT2D eigenvalue weighted by atomic mass is 32.2. The predicted molar refractivity (Wildman–Crippen MR) is 126 cm³/mol. The van der Waals surface area contributed by atoms with Gasteiger partial charge in [-0.1, -0.05) is 32.0 Å². The summed E-state index contributed by atoms with van der Waals surface area (Å²) in [4.78, 5) is 27.9. The molecule has 0 atom stereocenters. The zero-order valence-electron chi connectivity index (χ0n) is 18.9. The van der Waals surface area contributed by atoms with Crippen molar-refractivity contribution in [1.82, 2.24) is 14.6 Å². The maximum atomic E-state index is 14.3. The molecule has 1 aliphatic heterocycles. The number of rotatable bonds is 6. The van der Waals surface area contributed by atoms with Crippen molar-refractivity contribution in [3.8, 4) is 0 Å². The van der Waals surface area contributed by atoms with Crippen molar-refractivity contribution in [2.45, 2.75) is 24.2 Å². The quantitative estimate of drug-likeness (QED) is 0.555. The van der Waals surface area contributed by atoms with Gasteiger partial charge in [0.05, 0.1) is 23.7 Å². The number of carbonyl (C=O) groups is 1. The fraction of sp³-hybridized carbons (Fsp3) is 0.333. The topological polar surface area (TPSA) is 109 Å². The Kier molecular flexibility index (Phi) is 6.57. The number of aromatic amines is 1. The smallest absolute Gasteiger partial charge is 0.252 e. The van der Waals surface area contributed by atoms with Gasteiger partial charge in [0.15, 0.2) is 0 Å². The Labute approximate surface area is 196 Å². The molecule has 2 aromatic carbocycles. The summed E-state index contributed by atoms with van der Waals surface area (Å²) in [6.07, 6.45) is 0. The second-order valence-corrected chi connectivity index (χ2v) is 10.8. The number of halogens is 1. The lowest BCUT2D eigenvalue weighted by Crippen LogP contribution is -2.40. The summed E-state index contributed by atoms with van der Waals surface area (Å²) in [5.74, 6) is -0.928. The molecule has 3 aromatic rings. The molecule has 1 aliphatic rings. The number of benzene rings is 2. The Hall–Kier alpha value is -3.08. The molecular formula is C24H26FN3O5S. The molecule has 0 unspecified atom stereocenters. The van der Waals surface area contributed by atoms with Crippen LogP contribution in [0.4, 0.5) is 4.39 Å². The van der Waals surface area contributed by atoms with Gasteiger partial charge < -0.3 is 15.0 Å². The molecule has 1 fully saturated rings. The highest BCUT2D eigenvalue weighted by Gasteiger charge is 2.28. The first-order valence-electron chi connectivity index (χ1n) is 10.9. The molecule has 2 N–H and O–H groups in total. The summed E-state index contributed by atoms with van der Waals surface area (Å²) in [7, 11) is -3.79. The maximum Gasteiger partial charge on any atom is 0.252 e. The van der Waals surface area contributed by atoms with Crippen molar-refractivity contribution >= 4 is 26.8 Å². The lowest BCUT2D eigenvalue weighted by Gasteiger charge is -2.26. The van der Waals surface area contributed by atoms with Crippen LogP contribution in [0.15, 0.2) is 58.2 Å². The molecule has 0 spiro atoms. The molecule has 8 nitrogen and oxygen atoms in total. The van der Waals surface area contributed by atoms with E-state index in [1.807, 2.05) is 0 Å². The Morgan fingerprint density at radius 1 is 1.15 bits per heavy atom. The summed E-state index contributed by atoms with van der Waals surface area (Å²) in [6, 6.07) is 11.8. The number of amides is 1. The number of ether oxygens (including phenoxy) is 1. The lowest BCUT2D eigenvalue weighted by molar-refractivity contribution is 0.0730. The number of carbonyl (C=O) groups excluding carboxylic acids is 1. The van der Waals surface area contributed by atoms with Gasteiger partial charge in [-0.25, -0.2) is 12.8 Å². The number of pyridine rings is 1. The second kappa shape index (κ2) is 9.28. The average molecular weight is 488 g/mol. The van der Waals surface area contributed by atoms with Gasteiger partial charge in [-0.05, 0) is 29.8 Å². The average Bonchev–Trinajstić information content (AvgIpc) is 2.82. The molecule has 0 radical (unpaired) electrons. The molecule has 34 heavy (non-hydrogen) atoms. The summed E-state index contributed by atoms with van der Waals surface area (Å²) < 4.78 is 47.0. The molecule has 4 rings (SSSR count). The van der Waals surface area contributed by atoms with Crippen molar-refractivity contribution in [2.24, 2.45) is 0 Å². The van der Waals surface area contributed by atoms with Crippen LogP contribution in [0.2, 0.25) is 0 Å². The first-order chi connectivity index (χ1) is 16.1. The van der Waals surface area contributed by atoms with E-state index in [4.69, 9.17) is 4.74 Å². The number of fused-ring (bicyclic) bond motifs is 1. The number of hydrogen-bond donors (Lipinski definition) is 2. The number of H-pyrrole nitrogens is 1. The number of aromatic nitrogens is 1. The second-order valence-electron chi connectivity index (χ2n) is 8.82. The summed E-state index contributed by atoms with van der Waals surface area (Å²) >= 11 is 0. The van der Waals surface area contributed by atoms with Crippen LogP contribution in [-0.4, -0.2) is 56.5 Å². The number of sulfonamides is 1. The molecule has 0 aliphatic carbocycles. The Bertz CT molecular complexity index is 1400. The van der Waals surface area contributed by atoms with Gasteiger partial charge in [0, 0.05) is 42.0 Å². The van der Waals surface area contributed by atoms with E-state index in [1.54, 1.807) is 32.0 Å². The molecule has 0 saturated carbocycles. The van der Waals surface area contributed by atoms with Crippen LogP contribution < -0.4 is 10.9 Å². The van der Waals surface area contributed by atoms with Gasteiger partial charge in [0.2, 0.25) is 15.6 Å². The predicted octanol–water partition coefficient (Wildman–Crippen LogP) is 2.40. The molecule has 180 valence electrons. The van der Waals surface area contributed by atoms with Gasteiger partial charge in [0.1, 0.15) is 5.82 Å². The first-order valence-corrected chi connectivity index (χ1v) is 12.3. The van der Waals surface area contributed by atoms with Crippen molar-refractivity contribution < 1.29 is 22.3 Å². The maximum absolute atomic E-state index is 14.3. The number of nitrogens with zero attached hydrogens (tertiary/aromatic N) is 1. The highest BCUT2D eigenvalue weighted by Crippen LogP contribution is 2.26. The van der Waals surface area contributed by atoms with Crippen molar-refractivity contribution in [3.05, 3.63) is 75.8 Å². The minimum Gasteiger partial charge on any atom is -0.379 e. The van der Waals surface area contributed by atoms with E-state index >= 15 is 0 Å². The van der Waals surface area contributed by atoms with E-state index in [1.165, 1.54) is 28.6 Å². The Balaban J connectivity index is 1.66. The van der Waals surface area contributed by atoms with Crippen LogP contribution in [-0.2, 0) is 20.2 Å². The van der Waals surface area contributed by atoms with Gasteiger partial charge in [-0.15, -0.1) is 0 Å². The van der Waals surface area contributed by atoms with Crippen LogP contribution in [0.1, 0.15) is 29.8 Å². The minimum atomic E-state index is -3.79. The molecule has 1 saturated heterocycles. The van der Waals surface area contributed by atoms with E-state index in [-0.39, 0.29) is 35.9 Å². The highest BCUT2D eigenvalue weighted by molar-refractivity contribution is 7.89. The molecule has 0 bridgehead atoms. The normalized spacial score (nSPS) is 15.4. The number of morpholine rings is 1. The third-order valence-electron chi connectivity index (χ3n) is 5.96. The molecule has 1 amide bonds. The van der Waals surface area contributed by atoms with E-state index in [2.05, 4.69) is 10.3 Å². The third kappa shape index (κ3) is 4.75. The largest absolute Gasteiger partial charge is 0.379 e. The monoisotopic (exact) mass is 487 g/mol. The van der Waals surface area contributed by atoms with E-state index in [0.717, 1.165) is 6.07 Å². The molecular weight excluding hydrogens is 461 g/mol. The Morgan fingerprint density at radius 2 is 1.85 bits per heavy atom. The van der Waals surface area contributed by atoms with Crippen LogP contribution >= 0.6 is 0 Å². The van der Waals surface area contributed by atoms with Crippen LogP contribution in [0.25, 0.3) is 10.9 Å². The zero-order chi connectivity index (χ0) is 24.5. The number of nitrogens with one attached hydrogen (secondary N) is 2. The van der Waals surface area contributed by atoms with Gasteiger partial charge in [0.25, 0.3) is 5.91 Å². The summed E-state index contributed by atoms with van der Waals surface area (Å²) in [5, 5.41) is 3.07. The SMILES string of the molecule is CC(C)(CNC(=O)c1cc(=O)[nH]c2ccc(S(=O)(=O)N3CCOCC3)cc12)c1ccccc1F. The first kappa shape index (κ1) is 24.1. The molecule has 1 aromatic heterocycles. The van der Waals surface area contributed by atoms with Crippen molar-refractivity contribution in [2.75, 3.05) is 32.8 Å². The van der Waals surface area contributed by atoms with Gasteiger partial charge in [-0.3, -0.25) is 9.59 Å². The fourth-order valence-electron chi connectivity index (χ4n) is 4.02. The molecule has 10 heteroatoms. The fourth-order valence-corrected chi connectivity index (χ4v) is 5.45. The summed E-state index contributed by atoms with van der Waals surface area (Å²) in [5.41, 5.74) is -0.378. The van der Waals surface area contributed by atoms with Crippen LogP contribution in [0.3, 0.4) is 0 Å². The van der Waals surface area contributed by atoms with Gasteiger partial charge >= 0.3 is 0 Å². The van der Waals surface area contributed by atoms with E-state index in [0.29, 0.717) is 29.7 Å². The van der Waals surface area contributed by atoms with Crippen molar-refractivity contribution in [3.63, 3.8) is 0 Å². The number of hydrogen-bond acceptors (Lipinski definition) is 5. The van der Waals surface area contributed by atoms with Crippen molar-refractivity contribution in [1.29, 1.82) is 0 Å². The Morgan fingerprint density at radius 3 is 2.56 bits per heavy atom. The zero-order valence-corrected chi connectivity index (χ0v) is 19.7.